The molecule has 0 spiro atoms. The third-order valence-corrected chi connectivity index (χ3v) is 4.40. The van der Waals surface area contributed by atoms with Crippen molar-refractivity contribution in [1.29, 1.82) is 0 Å². The van der Waals surface area contributed by atoms with E-state index in [1.165, 1.54) is 5.56 Å². The second-order valence-corrected chi connectivity index (χ2v) is 6.51. The molecule has 0 unspecified atom stereocenters. The van der Waals surface area contributed by atoms with Gasteiger partial charge in [-0.3, -0.25) is 4.79 Å². The molecule has 1 heterocycles. The predicted molar refractivity (Wildman–Crippen MR) is 113 cm³/mol. The lowest BCUT2D eigenvalue weighted by Gasteiger charge is -2.09. The van der Waals surface area contributed by atoms with Gasteiger partial charge >= 0.3 is 0 Å². The van der Waals surface area contributed by atoms with Crippen LogP contribution < -0.4 is 20.1 Å². The topological polar surface area (TPSA) is 85.4 Å². The highest BCUT2D eigenvalue weighted by Crippen LogP contribution is 2.17. The van der Waals surface area contributed by atoms with Crippen LogP contribution in [0.5, 0.6) is 11.5 Å². The first-order valence-corrected chi connectivity index (χ1v) is 9.28. The van der Waals surface area contributed by atoms with Crippen molar-refractivity contribution < 1.29 is 14.3 Å². The molecule has 0 bridgehead atoms. The van der Waals surface area contributed by atoms with E-state index in [9.17, 15) is 4.79 Å². The number of benzene rings is 2. The number of nitrogens with one attached hydrogen (secondary N) is 2. The molecule has 7 nitrogen and oxygen atoms in total. The van der Waals surface area contributed by atoms with Crippen molar-refractivity contribution in [2.24, 2.45) is 0 Å². The molecule has 1 aromatic heterocycles. The van der Waals surface area contributed by atoms with E-state index in [0.717, 1.165) is 22.7 Å². The van der Waals surface area contributed by atoms with Crippen LogP contribution >= 0.6 is 0 Å². The van der Waals surface area contributed by atoms with Crippen molar-refractivity contribution in [3.05, 3.63) is 71.4 Å². The normalized spacial score (nSPS) is 10.3. The van der Waals surface area contributed by atoms with Gasteiger partial charge in [-0.05, 0) is 73.5 Å². The van der Waals surface area contributed by atoms with E-state index in [2.05, 4.69) is 20.8 Å². The molecule has 0 fully saturated rings. The predicted octanol–water partition coefficient (Wildman–Crippen LogP) is 3.85. The van der Waals surface area contributed by atoms with Crippen LogP contribution in [0.1, 0.15) is 21.6 Å². The molecular formula is C22H24N4O3. The number of rotatable bonds is 8. The van der Waals surface area contributed by atoms with Gasteiger partial charge in [-0.25, -0.2) is 0 Å². The van der Waals surface area contributed by atoms with Gasteiger partial charge in [0, 0.05) is 5.69 Å². The molecule has 0 aliphatic carbocycles. The van der Waals surface area contributed by atoms with Gasteiger partial charge in [0.05, 0.1) is 13.7 Å². The van der Waals surface area contributed by atoms with Gasteiger partial charge in [-0.2, -0.15) is 0 Å². The molecule has 2 N–H and O–H groups in total. The zero-order chi connectivity index (χ0) is 20.6. The second kappa shape index (κ2) is 9.54. The van der Waals surface area contributed by atoms with E-state index in [4.69, 9.17) is 9.47 Å². The number of anilines is 2. The number of hydrogen-bond donors (Lipinski definition) is 2. The Morgan fingerprint density at radius 1 is 0.931 bits per heavy atom. The average molecular weight is 392 g/mol. The van der Waals surface area contributed by atoms with Gasteiger partial charge < -0.3 is 20.1 Å². The molecule has 3 aromatic rings. The van der Waals surface area contributed by atoms with E-state index < -0.39 is 0 Å². The smallest absolute Gasteiger partial charge is 0.276 e. The van der Waals surface area contributed by atoms with Gasteiger partial charge in [-0.1, -0.05) is 6.07 Å². The van der Waals surface area contributed by atoms with E-state index in [1.54, 1.807) is 19.2 Å². The quantitative estimate of drug-likeness (QED) is 0.567. The number of carbonyl (C=O) groups is 1. The summed E-state index contributed by atoms with van der Waals surface area (Å²) >= 11 is 0. The SMILES string of the molecule is COc1ccc(OCCNc2ccc(C(=O)Nc3ccc(C)c(C)c3)nn2)cc1. The lowest BCUT2D eigenvalue weighted by Crippen LogP contribution is -2.16. The van der Waals surface area contributed by atoms with Gasteiger partial charge in [0.25, 0.3) is 5.91 Å². The fraction of sp³-hybridized carbons (Fsp3) is 0.227. The van der Waals surface area contributed by atoms with Gasteiger partial charge in [0.1, 0.15) is 23.9 Å². The highest BCUT2D eigenvalue weighted by molar-refractivity contribution is 6.02. The minimum absolute atomic E-state index is 0.253. The summed E-state index contributed by atoms with van der Waals surface area (Å²) in [6, 6.07) is 16.5. The summed E-state index contributed by atoms with van der Waals surface area (Å²) in [5.41, 5.74) is 3.28. The minimum atomic E-state index is -0.296. The highest BCUT2D eigenvalue weighted by atomic mass is 16.5. The molecule has 3 rings (SSSR count). The number of methoxy groups -OCH3 is 1. The number of carbonyl (C=O) groups excluding carboxylic acids is 1. The zero-order valence-corrected chi connectivity index (χ0v) is 16.7. The average Bonchev–Trinajstić information content (AvgIpc) is 2.74. The van der Waals surface area contributed by atoms with Gasteiger partial charge in [0.15, 0.2) is 5.69 Å². The minimum Gasteiger partial charge on any atom is -0.497 e. The molecule has 150 valence electrons. The number of hydrogen-bond acceptors (Lipinski definition) is 6. The summed E-state index contributed by atoms with van der Waals surface area (Å²) in [5, 5.41) is 14.0. The number of nitrogens with zero attached hydrogens (tertiary/aromatic N) is 2. The number of aromatic nitrogens is 2. The van der Waals surface area contributed by atoms with Crippen LogP contribution in [-0.4, -0.2) is 36.4 Å². The van der Waals surface area contributed by atoms with Crippen LogP contribution in [0.3, 0.4) is 0 Å². The molecule has 0 aliphatic heterocycles. The lowest BCUT2D eigenvalue weighted by atomic mass is 10.1. The Morgan fingerprint density at radius 3 is 2.34 bits per heavy atom. The molecule has 0 saturated heterocycles. The Hall–Kier alpha value is -3.61. The summed E-state index contributed by atoms with van der Waals surface area (Å²) in [7, 11) is 1.62. The molecule has 29 heavy (non-hydrogen) atoms. The van der Waals surface area contributed by atoms with E-state index in [-0.39, 0.29) is 11.6 Å². The fourth-order valence-corrected chi connectivity index (χ4v) is 2.58. The largest absolute Gasteiger partial charge is 0.497 e. The summed E-state index contributed by atoms with van der Waals surface area (Å²) in [6.07, 6.45) is 0. The number of aryl methyl sites for hydroxylation is 2. The van der Waals surface area contributed by atoms with Crippen molar-refractivity contribution >= 4 is 17.4 Å². The first kappa shape index (κ1) is 20.1. The van der Waals surface area contributed by atoms with Crippen LogP contribution in [0.2, 0.25) is 0 Å². The molecule has 7 heteroatoms. The van der Waals surface area contributed by atoms with Crippen LogP contribution in [0.4, 0.5) is 11.5 Å². The molecule has 0 atom stereocenters. The second-order valence-electron chi connectivity index (χ2n) is 6.51. The fourth-order valence-electron chi connectivity index (χ4n) is 2.58. The van der Waals surface area contributed by atoms with Crippen molar-refractivity contribution in [2.75, 3.05) is 30.9 Å². The van der Waals surface area contributed by atoms with Crippen LogP contribution in [0.15, 0.2) is 54.6 Å². The Balaban J connectivity index is 1.46. The number of ether oxygens (including phenoxy) is 2. The van der Waals surface area contributed by atoms with Crippen molar-refractivity contribution in [1.82, 2.24) is 10.2 Å². The maximum atomic E-state index is 12.3. The maximum Gasteiger partial charge on any atom is 0.276 e. The standard InChI is InChI=1S/C22H24N4O3/c1-15-4-5-17(14-16(15)2)24-22(27)20-10-11-21(26-25-20)23-12-13-29-19-8-6-18(28-3)7-9-19/h4-11,14H,12-13H2,1-3H3,(H,23,26)(H,24,27). The van der Waals surface area contributed by atoms with E-state index in [1.807, 2.05) is 56.3 Å². The molecular weight excluding hydrogens is 368 g/mol. The monoisotopic (exact) mass is 392 g/mol. The van der Waals surface area contributed by atoms with E-state index >= 15 is 0 Å². The summed E-state index contributed by atoms with van der Waals surface area (Å²) in [4.78, 5) is 12.3. The Kier molecular flexibility index (Phi) is 6.63. The molecule has 0 saturated carbocycles. The highest BCUT2D eigenvalue weighted by Gasteiger charge is 2.09. The van der Waals surface area contributed by atoms with Gasteiger partial charge in [-0.15, -0.1) is 10.2 Å². The summed E-state index contributed by atoms with van der Waals surface area (Å²) in [5.74, 6) is 1.82. The molecule has 0 aliphatic rings. The van der Waals surface area contributed by atoms with Crippen LogP contribution in [0, 0.1) is 13.8 Å². The number of amides is 1. The third kappa shape index (κ3) is 5.68. The summed E-state index contributed by atoms with van der Waals surface area (Å²) in [6.45, 7) is 5.04. The van der Waals surface area contributed by atoms with E-state index in [0.29, 0.717) is 19.0 Å². The van der Waals surface area contributed by atoms with Gasteiger partial charge in [0.2, 0.25) is 0 Å². The maximum absolute atomic E-state index is 12.3. The summed E-state index contributed by atoms with van der Waals surface area (Å²) < 4.78 is 10.8. The first-order valence-electron chi connectivity index (χ1n) is 9.28. The Morgan fingerprint density at radius 2 is 1.69 bits per heavy atom. The first-order chi connectivity index (χ1) is 14.0. The molecule has 2 aromatic carbocycles. The van der Waals surface area contributed by atoms with Crippen molar-refractivity contribution in [2.45, 2.75) is 13.8 Å². The molecule has 0 radical (unpaired) electrons. The zero-order valence-electron chi connectivity index (χ0n) is 16.7. The molecule has 1 amide bonds. The van der Waals surface area contributed by atoms with Crippen LogP contribution in [-0.2, 0) is 0 Å². The van der Waals surface area contributed by atoms with Crippen molar-refractivity contribution in [3.8, 4) is 11.5 Å². The lowest BCUT2D eigenvalue weighted by molar-refractivity contribution is 0.102. The Labute approximate surface area is 170 Å². The Bertz CT molecular complexity index is 957. The van der Waals surface area contributed by atoms with Crippen molar-refractivity contribution in [3.63, 3.8) is 0 Å². The third-order valence-electron chi connectivity index (χ3n) is 4.40. The van der Waals surface area contributed by atoms with Crippen LogP contribution in [0.25, 0.3) is 0 Å².